The second-order valence-corrected chi connectivity index (χ2v) is 3.24. The van der Waals surface area contributed by atoms with Gasteiger partial charge in [-0.25, -0.2) is 0 Å². The minimum atomic E-state index is -0.289. The van der Waals surface area contributed by atoms with Crippen LogP contribution in [0.2, 0.25) is 0 Å². The van der Waals surface area contributed by atoms with Crippen molar-refractivity contribution in [2.45, 2.75) is 13.3 Å². The predicted octanol–water partition coefficient (Wildman–Crippen LogP) is 0.584. The minimum absolute atomic E-state index is 0.00273. The number of amides is 1. The number of hydrogen-bond acceptors (Lipinski definition) is 3. The molecule has 0 aliphatic carbocycles. The summed E-state index contributed by atoms with van der Waals surface area (Å²) in [6, 6.07) is 0. The van der Waals surface area contributed by atoms with Crippen LogP contribution < -0.4 is 0 Å². The topological polar surface area (TPSA) is 46.6 Å². The van der Waals surface area contributed by atoms with Crippen molar-refractivity contribution in [1.82, 2.24) is 4.90 Å². The van der Waals surface area contributed by atoms with Gasteiger partial charge in [-0.1, -0.05) is 6.08 Å². The Morgan fingerprint density at radius 1 is 1.79 bits per heavy atom. The number of likely N-dealkylation sites (tertiary alicyclic amines) is 1. The number of esters is 1. The van der Waals surface area contributed by atoms with E-state index in [9.17, 15) is 9.59 Å². The van der Waals surface area contributed by atoms with Crippen LogP contribution in [0.15, 0.2) is 12.7 Å². The van der Waals surface area contributed by atoms with Gasteiger partial charge in [0, 0.05) is 19.5 Å². The van der Waals surface area contributed by atoms with E-state index < -0.39 is 0 Å². The van der Waals surface area contributed by atoms with Crippen molar-refractivity contribution >= 4 is 11.9 Å². The fourth-order valence-corrected chi connectivity index (χ4v) is 1.52. The van der Waals surface area contributed by atoms with E-state index in [0.717, 1.165) is 0 Å². The van der Waals surface area contributed by atoms with Gasteiger partial charge in [0.15, 0.2) is 0 Å². The molecule has 1 saturated heterocycles. The SMILES string of the molecule is C=CCN1C[C@H](C(=O)OCC)CC1=O. The number of ether oxygens (including phenoxy) is 1. The van der Waals surface area contributed by atoms with E-state index in [2.05, 4.69) is 6.58 Å². The van der Waals surface area contributed by atoms with Crippen molar-refractivity contribution < 1.29 is 14.3 Å². The lowest BCUT2D eigenvalue weighted by Gasteiger charge is -2.13. The molecule has 4 nitrogen and oxygen atoms in total. The van der Waals surface area contributed by atoms with E-state index in [0.29, 0.717) is 19.7 Å². The van der Waals surface area contributed by atoms with Crippen molar-refractivity contribution in [2.24, 2.45) is 5.92 Å². The maximum Gasteiger partial charge on any atom is 0.311 e. The Balaban J connectivity index is 2.49. The third-order valence-electron chi connectivity index (χ3n) is 2.18. The van der Waals surface area contributed by atoms with Crippen LogP contribution in [0.1, 0.15) is 13.3 Å². The highest BCUT2D eigenvalue weighted by atomic mass is 16.5. The lowest BCUT2D eigenvalue weighted by molar-refractivity contribution is -0.147. The highest BCUT2D eigenvalue weighted by Gasteiger charge is 2.34. The molecule has 0 saturated carbocycles. The van der Waals surface area contributed by atoms with Gasteiger partial charge in [0.2, 0.25) is 5.91 Å². The molecular formula is C10H15NO3. The molecule has 0 spiro atoms. The van der Waals surface area contributed by atoms with Gasteiger partial charge >= 0.3 is 5.97 Å². The zero-order valence-electron chi connectivity index (χ0n) is 8.36. The second kappa shape index (κ2) is 4.79. The van der Waals surface area contributed by atoms with Crippen LogP contribution >= 0.6 is 0 Å². The van der Waals surface area contributed by atoms with Crippen LogP contribution in [-0.2, 0) is 14.3 Å². The van der Waals surface area contributed by atoms with E-state index in [1.165, 1.54) is 0 Å². The van der Waals surface area contributed by atoms with Crippen molar-refractivity contribution in [3.63, 3.8) is 0 Å². The molecular weight excluding hydrogens is 182 g/mol. The zero-order valence-corrected chi connectivity index (χ0v) is 8.36. The summed E-state index contributed by atoms with van der Waals surface area (Å²) >= 11 is 0. The molecule has 0 aromatic heterocycles. The van der Waals surface area contributed by atoms with E-state index in [1.54, 1.807) is 17.9 Å². The van der Waals surface area contributed by atoms with Crippen molar-refractivity contribution in [3.05, 3.63) is 12.7 Å². The zero-order chi connectivity index (χ0) is 10.6. The second-order valence-electron chi connectivity index (χ2n) is 3.24. The first-order chi connectivity index (χ1) is 6.69. The van der Waals surface area contributed by atoms with Gasteiger partial charge in [0.05, 0.1) is 12.5 Å². The molecule has 1 fully saturated rings. The van der Waals surface area contributed by atoms with Crippen molar-refractivity contribution in [3.8, 4) is 0 Å². The normalized spacial score (nSPS) is 21.1. The third kappa shape index (κ3) is 2.34. The molecule has 1 aliphatic heterocycles. The maximum absolute atomic E-state index is 11.4. The maximum atomic E-state index is 11.4. The van der Waals surface area contributed by atoms with Gasteiger partial charge in [-0.05, 0) is 6.92 Å². The van der Waals surface area contributed by atoms with E-state index in [1.807, 2.05) is 0 Å². The van der Waals surface area contributed by atoms with Crippen LogP contribution in [0, 0.1) is 5.92 Å². The highest BCUT2D eigenvalue weighted by Crippen LogP contribution is 2.18. The number of rotatable bonds is 4. The standard InChI is InChI=1S/C10H15NO3/c1-3-5-11-7-8(6-9(11)12)10(13)14-4-2/h3,8H,1,4-7H2,2H3/t8-/m1/s1. The van der Waals surface area contributed by atoms with Crippen LogP contribution in [0.5, 0.6) is 0 Å². The highest BCUT2D eigenvalue weighted by molar-refractivity contribution is 5.86. The third-order valence-corrected chi connectivity index (χ3v) is 2.18. The average molecular weight is 197 g/mol. The van der Waals surface area contributed by atoms with Gasteiger partial charge in [0.25, 0.3) is 0 Å². The average Bonchev–Trinajstić information content (AvgIpc) is 2.49. The van der Waals surface area contributed by atoms with Crippen LogP contribution in [0.4, 0.5) is 0 Å². The Kier molecular flexibility index (Phi) is 3.68. The summed E-state index contributed by atoms with van der Waals surface area (Å²) in [5, 5.41) is 0. The molecule has 0 aromatic carbocycles. The molecule has 1 rings (SSSR count). The monoisotopic (exact) mass is 197 g/mol. The summed E-state index contributed by atoms with van der Waals surface area (Å²) in [6.45, 7) is 6.65. The molecule has 0 bridgehead atoms. The van der Waals surface area contributed by atoms with E-state index in [4.69, 9.17) is 4.74 Å². The molecule has 0 radical (unpaired) electrons. The lowest BCUT2D eigenvalue weighted by Crippen LogP contribution is -2.26. The number of carbonyl (C=O) groups is 2. The largest absolute Gasteiger partial charge is 0.466 e. The van der Waals surface area contributed by atoms with Crippen LogP contribution in [0.3, 0.4) is 0 Å². The quantitative estimate of drug-likeness (QED) is 0.489. The molecule has 0 aromatic rings. The Labute approximate surface area is 83.5 Å². The first-order valence-electron chi connectivity index (χ1n) is 4.74. The molecule has 1 heterocycles. The molecule has 14 heavy (non-hydrogen) atoms. The minimum Gasteiger partial charge on any atom is -0.466 e. The summed E-state index contributed by atoms with van der Waals surface area (Å²) in [7, 11) is 0. The van der Waals surface area contributed by atoms with E-state index in [-0.39, 0.29) is 24.2 Å². The summed E-state index contributed by atoms with van der Waals surface area (Å²) in [5.74, 6) is -0.558. The van der Waals surface area contributed by atoms with Gasteiger partial charge < -0.3 is 9.64 Å². The summed E-state index contributed by atoms with van der Waals surface area (Å²) in [6.07, 6.45) is 1.93. The lowest BCUT2D eigenvalue weighted by atomic mass is 10.1. The fraction of sp³-hybridized carbons (Fsp3) is 0.600. The Hall–Kier alpha value is -1.32. The summed E-state index contributed by atoms with van der Waals surface area (Å²) in [5.41, 5.74) is 0. The molecule has 78 valence electrons. The molecule has 1 atom stereocenters. The molecule has 0 N–H and O–H groups in total. The Bertz CT molecular complexity index is 250. The molecule has 4 heteroatoms. The van der Waals surface area contributed by atoms with E-state index >= 15 is 0 Å². The molecule has 1 amide bonds. The summed E-state index contributed by atoms with van der Waals surface area (Å²) in [4.78, 5) is 24.3. The molecule has 0 unspecified atom stereocenters. The van der Waals surface area contributed by atoms with Gasteiger partial charge in [0.1, 0.15) is 0 Å². The number of nitrogens with zero attached hydrogens (tertiary/aromatic N) is 1. The Morgan fingerprint density at radius 2 is 2.50 bits per heavy atom. The van der Waals surface area contributed by atoms with Gasteiger partial charge in [-0.3, -0.25) is 9.59 Å². The smallest absolute Gasteiger partial charge is 0.311 e. The van der Waals surface area contributed by atoms with Crippen molar-refractivity contribution in [1.29, 1.82) is 0 Å². The van der Waals surface area contributed by atoms with Crippen molar-refractivity contribution in [2.75, 3.05) is 19.7 Å². The predicted molar refractivity (Wildman–Crippen MR) is 51.5 cm³/mol. The fourth-order valence-electron chi connectivity index (χ4n) is 1.52. The Morgan fingerprint density at radius 3 is 3.07 bits per heavy atom. The van der Waals surface area contributed by atoms with Crippen LogP contribution in [-0.4, -0.2) is 36.5 Å². The first kappa shape index (κ1) is 10.8. The van der Waals surface area contributed by atoms with Gasteiger partial charge in [-0.15, -0.1) is 6.58 Å². The van der Waals surface area contributed by atoms with Gasteiger partial charge in [-0.2, -0.15) is 0 Å². The summed E-state index contributed by atoms with van der Waals surface area (Å²) < 4.78 is 4.86. The number of carbonyl (C=O) groups excluding carboxylic acids is 2. The number of hydrogen-bond donors (Lipinski definition) is 0. The van der Waals surface area contributed by atoms with Crippen LogP contribution in [0.25, 0.3) is 0 Å². The molecule has 1 aliphatic rings. The first-order valence-corrected chi connectivity index (χ1v) is 4.74.